The van der Waals surface area contributed by atoms with E-state index in [-0.39, 0.29) is 11.9 Å². The molecule has 1 aliphatic rings. The number of carbonyl (C=O) groups is 1. The van der Waals surface area contributed by atoms with Crippen molar-refractivity contribution in [2.24, 2.45) is 5.92 Å². The van der Waals surface area contributed by atoms with Gasteiger partial charge >= 0.3 is 5.97 Å². The summed E-state index contributed by atoms with van der Waals surface area (Å²) in [5.74, 6) is 0.282. The van der Waals surface area contributed by atoms with Crippen molar-refractivity contribution in [2.45, 2.75) is 83.2 Å². The molecule has 2 rings (SSSR count). The molecular formula is C23H37ClN2O2. The van der Waals surface area contributed by atoms with E-state index in [4.69, 9.17) is 16.3 Å². The highest BCUT2D eigenvalue weighted by Crippen LogP contribution is 2.22. The van der Waals surface area contributed by atoms with E-state index >= 15 is 0 Å². The number of alkyl halides is 1. The Morgan fingerprint density at radius 2 is 1.82 bits per heavy atom. The van der Waals surface area contributed by atoms with Crippen LogP contribution in [-0.4, -0.2) is 30.5 Å². The van der Waals surface area contributed by atoms with Gasteiger partial charge in [-0.25, -0.2) is 0 Å². The third-order valence-electron chi connectivity index (χ3n) is 5.75. The average Bonchev–Trinajstić information content (AvgIpc) is 2.73. The van der Waals surface area contributed by atoms with E-state index in [9.17, 15) is 4.79 Å². The molecule has 4 atom stereocenters. The molecule has 1 fully saturated rings. The van der Waals surface area contributed by atoms with Crippen LogP contribution in [0, 0.1) is 5.92 Å². The first kappa shape index (κ1) is 23.2. The highest BCUT2D eigenvalue weighted by molar-refractivity contribution is 6.30. The minimum absolute atomic E-state index is 0.102. The summed E-state index contributed by atoms with van der Waals surface area (Å²) >= 11 is 6.17. The summed E-state index contributed by atoms with van der Waals surface area (Å²) in [6, 6.07) is 8.63. The highest BCUT2D eigenvalue weighted by Gasteiger charge is 2.24. The molecule has 0 amide bonds. The van der Waals surface area contributed by atoms with E-state index in [1.807, 2.05) is 38.1 Å². The minimum atomic E-state index is -0.604. The molecule has 4 nitrogen and oxygen atoms in total. The van der Waals surface area contributed by atoms with Gasteiger partial charge < -0.3 is 15.4 Å². The molecule has 1 saturated heterocycles. The van der Waals surface area contributed by atoms with Gasteiger partial charge in [-0.05, 0) is 30.0 Å². The quantitative estimate of drug-likeness (QED) is 0.228. The van der Waals surface area contributed by atoms with Crippen LogP contribution in [0.4, 0.5) is 0 Å². The molecule has 2 N–H and O–H groups in total. The maximum absolute atomic E-state index is 12.1. The van der Waals surface area contributed by atoms with Gasteiger partial charge in [0.05, 0.1) is 0 Å². The number of hydrogen-bond donors (Lipinski definition) is 2. The van der Waals surface area contributed by atoms with Crippen molar-refractivity contribution in [2.75, 3.05) is 13.1 Å². The van der Waals surface area contributed by atoms with E-state index in [0.717, 1.165) is 19.5 Å². The van der Waals surface area contributed by atoms with Crippen LogP contribution < -0.4 is 15.4 Å². The standard InChI is InChI=1S/C23H37ClN2O2/c1-4-6-7-8-9-10-19-15-26-21(16-25-19)18-11-13-20(14-12-18)28-23(27)22(24)17(3)5-2/h11-14,17,19,21-22,25-26H,4-10,15-16H2,1-3H3. The second-order valence-electron chi connectivity index (χ2n) is 8.05. The fraction of sp³-hybridized carbons (Fsp3) is 0.696. The van der Waals surface area contributed by atoms with Gasteiger partial charge in [-0.1, -0.05) is 71.4 Å². The molecule has 0 aliphatic carbocycles. The summed E-state index contributed by atoms with van der Waals surface area (Å²) in [5, 5.41) is 6.72. The Balaban J connectivity index is 1.74. The van der Waals surface area contributed by atoms with Crippen molar-refractivity contribution in [3.8, 4) is 5.75 Å². The first-order valence-electron chi connectivity index (χ1n) is 11.0. The van der Waals surface area contributed by atoms with Crippen LogP contribution in [0.15, 0.2) is 24.3 Å². The Morgan fingerprint density at radius 3 is 2.43 bits per heavy atom. The van der Waals surface area contributed by atoms with Crippen LogP contribution in [0.25, 0.3) is 0 Å². The molecule has 0 saturated carbocycles. The second-order valence-corrected chi connectivity index (χ2v) is 8.52. The molecule has 1 aliphatic heterocycles. The smallest absolute Gasteiger partial charge is 0.329 e. The normalized spacial score (nSPS) is 21.9. The van der Waals surface area contributed by atoms with Crippen molar-refractivity contribution in [3.05, 3.63) is 29.8 Å². The van der Waals surface area contributed by atoms with Crippen LogP contribution in [0.5, 0.6) is 5.75 Å². The van der Waals surface area contributed by atoms with E-state index in [0.29, 0.717) is 17.8 Å². The third kappa shape index (κ3) is 7.38. The fourth-order valence-electron chi connectivity index (χ4n) is 3.53. The molecule has 1 aromatic carbocycles. The number of carbonyl (C=O) groups excluding carboxylic acids is 1. The van der Waals surface area contributed by atoms with Crippen LogP contribution in [0.1, 0.15) is 77.3 Å². The number of piperazine rings is 1. The summed E-state index contributed by atoms with van der Waals surface area (Å²) in [6.07, 6.45) is 8.76. The highest BCUT2D eigenvalue weighted by atomic mass is 35.5. The monoisotopic (exact) mass is 408 g/mol. The van der Waals surface area contributed by atoms with Crippen molar-refractivity contribution in [1.29, 1.82) is 0 Å². The number of halogens is 1. The van der Waals surface area contributed by atoms with Gasteiger partial charge in [0.2, 0.25) is 0 Å². The molecule has 0 spiro atoms. The summed E-state index contributed by atoms with van der Waals surface area (Å²) in [4.78, 5) is 12.1. The number of benzene rings is 1. The maximum Gasteiger partial charge on any atom is 0.329 e. The van der Waals surface area contributed by atoms with Crippen LogP contribution >= 0.6 is 11.6 Å². The van der Waals surface area contributed by atoms with Crippen LogP contribution in [0.3, 0.4) is 0 Å². The summed E-state index contributed by atoms with van der Waals surface area (Å²) in [6.45, 7) is 8.16. The molecule has 5 heteroatoms. The predicted molar refractivity (Wildman–Crippen MR) is 117 cm³/mol. The van der Waals surface area contributed by atoms with Gasteiger partial charge in [0, 0.05) is 25.2 Å². The van der Waals surface area contributed by atoms with Crippen molar-refractivity contribution >= 4 is 17.6 Å². The Morgan fingerprint density at radius 1 is 1.11 bits per heavy atom. The molecule has 0 bridgehead atoms. The Labute approximate surface area is 175 Å². The van der Waals surface area contributed by atoms with E-state index < -0.39 is 5.38 Å². The first-order valence-corrected chi connectivity index (χ1v) is 11.4. The Hall–Kier alpha value is -1.10. The number of rotatable bonds is 11. The zero-order valence-corrected chi connectivity index (χ0v) is 18.4. The van der Waals surface area contributed by atoms with Crippen molar-refractivity contribution in [3.63, 3.8) is 0 Å². The van der Waals surface area contributed by atoms with Gasteiger partial charge in [0.15, 0.2) is 0 Å². The predicted octanol–water partition coefficient (Wildman–Crippen LogP) is 5.21. The van der Waals surface area contributed by atoms with Crippen molar-refractivity contribution < 1.29 is 9.53 Å². The van der Waals surface area contributed by atoms with Gasteiger partial charge in [-0.2, -0.15) is 0 Å². The maximum atomic E-state index is 12.1. The molecule has 1 aromatic rings. The van der Waals surface area contributed by atoms with Crippen LogP contribution in [0.2, 0.25) is 0 Å². The van der Waals surface area contributed by atoms with Crippen LogP contribution in [-0.2, 0) is 4.79 Å². The van der Waals surface area contributed by atoms with Gasteiger partial charge in [-0.3, -0.25) is 4.79 Å². The summed E-state index contributed by atoms with van der Waals surface area (Å²) < 4.78 is 5.42. The second kappa shape index (κ2) is 12.5. The van der Waals surface area contributed by atoms with Crippen molar-refractivity contribution in [1.82, 2.24) is 10.6 Å². The van der Waals surface area contributed by atoms with E-state index in [1.54, 1.807) is 0 Å². The summed E-state index contributed by atoms with van der Waals surface area (Å²) in [7, 11) is 0. The molecule has 4 unspecified atom stereocenters. The third-order valence-corrected chi connectivity index (χ3v) is 6.36. The Bertz CT molecular complexity index is 570. The topological polar surface area (TPSA) is 50.4 Å². The number of hydrogen-bond acceptors (Lipinski definition) is 4. The van der Waals surface area contributed by atoms with E-state index in [2.05, 4.69) is 17.6 Å². The number of unbranched alkanes of at least 4 members (excludes halogenated alkanes) is 4. The molecule has 0 aromatic heterocycles. The molecule has 158 valence electrons. The van der Waals surface area contributed by atoms with Gasteiger partial charge in [0.1, 0.15) is 11.1 Å². The van der Waals surface area contributed by atoms with Gasteiger partial charge in [0.25, 0.3) is 0 Å². The number of ether oxygens (including phenoxy) is 1. The lowest BCUT2D eigenvalue weighted by molar-refractivity contribution is -0.134. The number of nitrogens with one attached hydrogen (secondary N) is 2. The fourth-order valence-corrected chi connectivity index (χ4v) is 3.75. The van der Waals surface area contributed by atoms with Gasteiger partial charge in [-0.15, -0.1) is 11.6 Å². The summed E-state index contributed by atoms with van der Waals surface area (Å²) in [5.41, 5.74) is 1.21. The zero-order chi connectivity index (χ0) is 20.4. The number of esters is 1. The van der Waals surface area contributed by atoms with E-state index in [1.165, 1.54) is 44.1 Å². The minimum Gasteiger partial charge on any atom is -0.425 e. The molecule has 28 heavy (non-hydrogen) atoms. The molecule has 1 heterocycles. The lowest BCUT2D eigenvalue weighted by Crippen LogP contribution is -2.49. The average molecular weight is 409 g/mol. The largest absolute Gasteiger partial charge is 0.425 e. The SMILES string of the molecule is CCCCCCCC1CNC(c2ccc(OC(=O)C(Cl)C(C)CC)cc2)CN1. The zero-order valence-electron chi connectivity index (χ0n) is 17.7. The lowest BCUT2D eigenvalue weighted by atomic mass is 10.0. The Kier molecular flexibility index (Phi) is 10.3. The molecule has 0 radical (unpaired) electrons. The first-order chi connectivity index (χ1) is 13.5. The molecular weight excluding hydrogens is 372 g/mol. The lowest BCUT2D eigenvalue weighted by Gasteiger charge is -2.31.